The van der Waals surface area contributed by atoms with Crippen LogP contribution in [0.2, 0.25) is 0 Å². The molecule has 1 saturated heterocycles. The maximum absolute atomic E-state index is 12.4. The Labute approximate surface area is 141 Å². The lowest BCUT2D eigenvalue weighted by Gasteiger charge is -2.42. The number of hydrogen-bond donors (Lipinski definition) is 2. The third-order valence-electron chi connectivity index (χ3n) is 4.57. The predicted molar refractivity (Wildman–Crippen MR) is 88.1 cm³/mol. The third kappa shape index (κ3) is 3.03. The number of nitrogens with zero attached hydrogens (tertiary/aromatic N) is 1. The standard InChI is InChI=1S/C17H23N3O4/c1-11(18)16(22)20-7-3-6-17(10-20)9-19-15(21)13-8-12(23-2)4-5-14(13)24-17/h4-5,8,11H,3,6-7,9-10,18H2,1-2H3,(H,19,21)/t11-,17-/m0/s1. The average Bonchev–Trinajstić information content (AvgIpc) is 2.71. The van der Waals surface area contributed by atoms with Crippen molar-refractivity contribution in [3.63, 3.8) is 0 Å². The minimum absolute atomic E-state index is 0.0943. The van der Waals surface area contributed by atoms with Crippen LogP contribution >= 0.6 is 0 Å². The van der Waals surface area contributed by atoms with Gasteiger partial charge in [-0.1, -0.05) is 0 Å². The molecule has 130 valence electrons. The Morgan fingerprint density at radius 3 is 3.00 bits per heavy atom. The van der Waals surface area contributed by atoms with E-state index >= 15 is 0 Å². The van der Waals surface area contributed by atoms with Crippen molar-refractivity contribution in [1.29, 1.82) is 0 Å². The van der Waals surface area contributed by atoms with Crippen molar-refractivity contribution in [3.05, 3.63) is 23.8 Å². The Hall–Kier alpha value is -2.28. The Morgan fingerprint density at radius 2 is 2.29 bits per heavy atom. The van der Waals surface area contributed by atoms with Crippen LogP contribution in [0.1, 0.15) is 30.1 Å². The molecule has 3 N–H and O–H groups in total. The molecule has 0 aliphatic carbocycles. The average molecular weight is 333 g/mol. The zero-order valence-corrected chi connectivity index (χ0v) is 14.0. The van der Waals surface area contributed by atoms with E-state index in [0.29, 0.717) is 36.7 Å². The number of benzene rings is 1. The molecule has 0 saturated carbocycles. The van der Waals surface area contributed by atoms with Gasteiger partial charge in [0, 0.05) is 6.54 Å². The first-order valence-corrected chi connectivity index (χ1v) is 8.14. The van der Waals surface area contributed by atoms with Gasteiger partial charge in [0.1, 0.15) is 17.1 Å². The normalized spacial score (nSPS) is 24.5. The van der Waals surface area contributed by atoms with E-state index in [1.54, 1.807) is 37.1 Å². The molecule has 7 heteroatoms. The number of hydrogen-bond acceptors (Lipinski definition) is 5. The van der Waals surface area contributed by atoms with Crippen LogP contribution < -0.4 is 20.5 Å². The lowest BCUT2D eigenvalue weighted by atomic mass is 9.92. The minimum Gasteiger partial charge on any atom is -0.497 e. The number of likely N-dealkylation sites (tertiary alicyclic amines) is 1. The molecular weight excluding hydrogens is 310 g/mol. The molecule has 1 aromatic rings. The van der Waals surface area contributed by atoms with Gasteiger partial charge in [0.15, 0.2) is 0 Å². The van der Waals surface area contributed by atoms with E-state index in [9.17, 15) is 9.59 Å². The zero-order chi connectivity index (χ0) is 17.3. The summed E-state index contributed by atoms with van der Waals surface area (Å²) in [6, 6.07) is 4.63. The molecule has 1 spiro atoms. The highest BCUT2D eigenvalue weighted by molar-refractivity contribution is 5.97. The summed E-state index contributed by atoms with van der Waals surface area (Å²) in [7, 11) is 1.55. The fourth-order valence-corrected chi connectivity index (χ4v) is 3.31. The fourth-order valence-electron chi connectivity index (χ4n) is 3.31. The van der Waals surface area contributed by atoms with Crippen LogP contribution in [0.15, 0.2) is 18.2 Å². The molecule has 0 aromatic heterocycles. The number of carbonyl (C=O) groups is 2. The molecule has 2 aliphatic rings. The number of amides is 2. The van der Waals surface area contributed by atoms with E-state index in [1.165, 1.54) is 0 Å². The number of carbonyl (C=O) groups excluding carboxylic acids is 2. The lowest BCUT2D eigenvalue weighted by Crippen LogP contribution is -2.59. The van der Waals surface area contributed by atoms with Gasteiger partial charge in [-0.15, -0.1) is 0 Å². The van der Waals surface area contributed by atoms with Crippen LogP contribution in [-0.2, 0) is 4.79 Å². The largest absolute Gasteiger partial charge is 0.497 e. The number of ether oxygens (including phenoxy) is 2. The third-order valence-corrected chi connectivity index (χ3v) is 4.57. The molecule has 1 aromatic carbocycles. The SMILES string of the molecule is COc1ccc2c(c1)C(=O)NC[C@]1(CCCN(C(=O)[C@H](C)N)C1)O2. The van der Waals surface area contributed by atoms with Gasteiger partial charge in [0.2, 0.25) is 5.91 Å². The first kappa shape index (κ1) is 16.6. The number of nitrogens with two attached hydrogens (primary N) is 1. The Balaban J connectivity index is 1.89. The topological polar surface area (TPSA) is 93.9 Å². The summed E-state index contributed by atoms with van der Waals surface area (Å²) in [5.41, 5.74) is 5.55. The Morgan fingerprint density at radius 1 is 1.50 bits per heavy atom. The second-order valence-corrected chi connectivity index (χ2v) is 6.48. The predicted octanol–water partition coefficient (Wildman–Crippen LogP) is 0.526. The first-order chi connectivity index (χ1) is 11.4. The van der Waals surface area contributed by atoms with Crippen molar-refractivity contribution in [1.82, 2.24) is 10.2 Å². The van der Waals surface area contributed by atoms with E-state index < -0.39 is 11.6 Å². The summed E-state index contributed by atoms with van der Waals surface area (Å²) in [6.45, 7) is 3.11. The number of nitrogens with one attached hydrogen (secondary N) is 1. The van der Waals surface area contributed by atoms with Gasteiger partial charge in [-0.05, 0) is 38.0 Å². The summed E-state index contributed by atoms with van der Waals surface area (Å²) in [6.07, 6.45) is 1.57. The molecule has 2 aliphatic heterocycles. The van der Waals surface area contributed by atoms with E-state index in [0.717, 1.165) is 12.8 Å². The highest BCUT2D eigenvalue weighted by Crippen LogP contribution is 2.34. The number of rotatable bonds is 2. The van der Waals surface area contributed by atoms with Crippen molar-refractivity contribution in [2.24, 2.45) is 5.73 Å². The van der Waals surface area contributed by atoms with Crippen molar-refractivity contribution in [2.45, 2.75) is 31.4 Å². The van der Waals surface area contributed by atoms with E-state index in [4.69, 9.17) is 15.2 Å². The molecule has 0 unspecified atom stereocenters. The first-order valence-electron chi connectivity index (χ1n) is 8.14. The maximum atomic E-state index is 12.4. The van der Waals surface area contributed by atoms with Crippen molar-refractivity contribution >= 4 is 11.8 Å². The second kappa shape index (κ2) is 6.32. The monoisotopic (exact) mass is 333 g/mol. The van der Waals surface area contributed by atoms with Crippen LogP contribution in [-0.4, -0.2) is 55.1 Å². The van der Waals surface area contributed by atoms with Gasteiger partial charge in [-0.2, -0.15) is 0 Å². The maximum Gasteiger partial charge on any atom is 0.255 e. The van der Waals surface area contributed by atoms with Crippen molar-refractivity contribution < 1.29 is 19.1 Å². The quantitative estimate of drug-likeness (QED) is 0.823. The number of methoxy groups -OCH3 is 1. The number of piperidine rings is 1. The molecule has 7 nitrogen and oxygen atoms in total. The minimum atomic E-state index is -0.627. The summed E-state index contributed by atoms with van der Waals surface area (Å²) >= 11 is 0. The van der Waals surface area contributed by atoms with E-state index in [2.05, 4.69) is 5.32 Å². The Bertz CT molecular complexity index is 661. The van der Waals surface area contributed by atoms with Gasteiger partial charge in [-0.3, -0.25) is 9.59 Å². The highest BCUT2D eigenvalue weighted by atomic mass is 16.5. The molecule has 2 amide bonds. The molecule has 3 rings (SSSR count). The van der Waals surface area contributed by atoms with Crippen LogP contribution in [0.5, 0.6) is 11.5 Å². The van der Waals surface area contributed by atoms with Gasteiger partial charge in [0.05, 0.1) is 31.8 Å². The van der Waals surface area contributed by atoms with Crippen molar-refractivity contribution in [3.8, 4) is 11.5 Å². The van der Waals surface area contributed by atoms with Gasteiger partial charge in [-0.25, -0.2) is 0 Å². The second-order valence-electron chi connectivity index (χ2n) is 6.48. The summed E-state index contributed by atoms with van der Waals surface area (Å²) in [5, 5.41) is 2.91. The summed E-state index contributed by atoms with van der Waals surface area (Å²) in [4.78, 5) is 26.4. The Kier molecular flexibility index (Phi) is 4.36. The molecule has 24 heavy (non-hydrogen) atoms. The zero-order valence-electron chi connectivity index (χ0n) is 14.0. The van der Waals surface area contributed by atoms with Crippen LogP contribution in [0.25, 0.3) is 0 Å². The molecular formula is C17H23N3O4. The van der Waals surface area contributed by atoms with Crippen LogP contribution in [0.3, 0.4) is 0 Å². The number of fused-ring (bicyclic) bond motifs is 1. The smallest absolute Gasteiger partial charge is 0.255 e. The van der Waals surface area contributed by atoms with Gasteiger partial charge >= 0.3 is 0 Å². The molecule has 2 heterocycles. The molecule has 0 radical (unpaired) electrons. The fraction of sp³-hybridized carbons (Fsp3) is 0.529. The highest BCUT2D eigenvalue weighted by Gasteiger charge is 2.42. The van der Waals surface area contributed by atoms with Crippen LogP contribution in [0.4, 0.5) is 0 Å². The van der Waals surface area contributed by atoms with E-state index in [-0.39, 0.29) is 11.8 Å². The summed E-state index contributed by atoms with van der Waals surface area (Å²) in [5.74, 6) is 0.821. The molecule has 0 bridgehead atoms. The van der Waals surface area contributed by atoms with Crippen LogP contribution in [0, 0.1) is 0 Å². The lowest BCUT2D eigenvalue weighted by molar-refractivity contribution is -0.137. The van der Waals surface area contributed by atoms with Crippen molar-refractivity contribution in [2.75, 3.05) is 26.7 Å². The molecule has 2 atom stereocenters. The van der Waals surface area contributed by atoms with E-state index in [1.807, 2.05) is 0 Å². The van der Waals surface area contributed by atoms with Gasteiger partial charge < -0.3 is 25.4 Å². The molecule has 1 fully saturated rings. The van der Waals surface area contributed by atoms with Gasteiger partial charge in [0.25, 0.3) is 5.91 Å². The summed E-state index contributed by atoms with van der Waals surface area (Å²) < 4.78 is 11.4.